The Morgan fingerprint density at radius 1 is 1.20 bits per heavy atom. The van der Waals surface area contributed by atoms with E-state index in [4.69, 9.17) is 5.11 Å². The number of aromatic nitrogens is 2. The molecule has 0 saturated carbocycles. The summed E-state index contributed by atoms with van der Waals surface area (Å²) in [6.45, 7) is 0.719. The van der Waals surface area contributed by atoms with Gasteiger partial charge in [0.1, 0.15) is 12.1 Å². The molecule has 0 fully saturated rings. The highest BCUT2D eigenvalue weighted by molar-refractivity contribution is 5.72. The predicted octanol–water partition coefficient (Wildman–Crippen LogP) is 2.06. The predicted molar refractivity (Wildman–Crippen MR) is 79.8 cm³/mol. The third kappa shape index (κ3) is 2.27. The second kappa shape index (κ2) is 5.59. The number of nitrogens with zero attached hydrogens (tertiary/aromatic N) is 3. The Bertz CT molecular complexity index is 612. The van der Waals surface area contributed by atoms with E-state index in [2.05, 4.69) is 34.2 Å². The summed E-state index contributed by atoms with van der Waals surface area (Å²) < 4.78 is 0. The molecule has 1 aliphatic rings. The fourth-order valence-electron chi connectivity index (χ4n) is 2.88. The molecule has 4 heteroatoms. The number of aryl methyl sites for hydroxylation is 1. The minimum atomic E-state index is 0.131. The van der Waals surface area contributed by atoms with E-state index >= 15 is 0 Å². The second-order valence-electron chi connectivity index (χ2n) is 5.18. The van der Waals surface area contributed by atoms with Gasteiger partial charge in [-0.05, 0) is 24.8 Å². The van der Waals surface area contributed by atoms with Crippen LogP contribution in [0.5, 0.6) is 0 Å². The Kier molecular flexibility index (Phi) is 3.65. The van der Waals surface area contributed by atoms with Gasteiger partial charge in [0.2, 0.25) is 0 Å². The van der Waals surface area contributed by atoms with Crippen LogP contribution >= 0.6 is 0 Å². The lowest BCUT2D eigenvalue weighted by Crippen LogP contribution is -2.24. The van der Waals surface area contributed by atoms with Crippen molar-refractivity contribution in [3.05, 3.63) is 41.7 Å². The van der Waals surface area contributed by atoms with E-state index in [0.29, 0.717) is 6.54 Å². The summed E-state index contributed by atoms with van der Waals surface area (Å²) in [5.41, 5.74) is 4.84. The maximum Gasteiger partial charge on any atom is 0.135 e. The zero-order valence-corrected chi connectivity index (χ0v) is 11.7. The van der Waals surface area contributed by atoms with Crippen LogP contribution in [0, 0.1) is 0 Å². The van der Waals surface area contributed by atoms with Crippen LogP contribution in [0.25, 0.3) is 11.3 Å². The molecule has 1 aromatic heterocycles. The lowest BCUT2D eigenvalue weighted by Gasteiger charge is -2.21. The first-order valence-corrected chi connectivity index (χ1v) is 7.05. The fraction of sp³-hybridized carbons (Fsp3) is 0.375. The molecule has 0 spiro atoms. The maximum absolute atomic E-state index is 9.13. The van der Waals surface area contributed by atoms with E-state index in [1.54, 1.807) is 6.33 Å². The van der Waals surface area contributed by atoms with Gasteiger partial charge >= 0.3 is 0 Å². The van der Waals surface area contributed by atoms with E-state index in [1.165, 1.54) is 16.7 Å². The standard InChI is InChI=1S/C16H19N3O/c1-19(9-10-20)16-14-8-4-6-12-5-2-3-7-13(12)15(14)17-11-18-16/h2-3,5,7,11,20H,4,6,8-10H2,1H3. The summed E-state index contributed by atoms with van der Waals surface area (Å²) in [7, 11) is 1.97. The van der Waals surface area contributed by atoms with E-state index in [1.807, 2.05) is 11.9 Å². The summed E-state index contributed by atoms with van der Waals surface area (Å²) in [6.07, 6.45) is 4.80. The van der Waals surface area contributed by atoms with Crippen molar-refractivity contribution >= 4 is 5.82 Å². The van der Waals surface area contributed by atoms with Gasteiger partial charge in [0.25, 0.3) is 0 Å². The molecule has 2 aromatic rings. The zero-order chi connectivity index (χ0) is 13.9. The van der Waals surface area contributed by atoms with Crippen molar-refractivity contribution in [1.29, 1.82) is 0 Å². The Labute approximate surface area is 119 Å². The number of hydrogen-bond donors (Lipinski definition) is 1. The average molecular weight is 269 g/mol. The van der Waals surface area contributed by atoms with Crippen LogP contribution in [0.4, 0.5) is 5.82 Å². The van der Waals surface area contributed by atoms with Gasteiger partial charge in [0.15, 0.2) is 0 Å². The molecule has 0 amide bonds. The van der Waals surface area contributed by atoms with Crippen molar-refractivity contribution < 1.29 is 5.11 Å². The maximum atomic E-state index is 9.13. The van der Waals surface area contributed by atoms with Gasteiger partial charge in [-0.2, -0.15) is 0 Å². The first kappa shape index (κ1) is 13.1. The van der Waals surface area contributed by atoms with Gasteiger partial charge in [0.05, 0.1) is 12.3 Å². The summed E-state index contributed by atoms with van der Waals surface area (Å²) >= 11 is 0. The van der Waals surface area contributed by atoms with Crippen molar-refractivity contribution in [1.82, 2.24) is 9.97 Å². The van der Waals surface area contributed by atoms with E-state index < -0.39 is 0 Å². The topological polar surface area (TPSA) is 49.2 Å². The largest absolute Gasteiger partial charge is 0.395 e. The van der Waals surface area contributed by atoms with Gasteiger partial charge in [-0.3, -0.25) is 0 Å². The zero-order valence-electron chi connectivity index (χ0n) is 11.7. The number of aliphatic hydroxyl groups excluding tert-OH is 1. The highest BCUT2D eigenvalue weighted by Gasteiger charge is 2.20. The van der Waals surface area contributed by atoms with Crippen molar-refractivity contribution in [2.45, 2.75) is 19.3 Å². The Balaban J connectivity index is 2.13. The molecule has 1 aliphatic carbocycles. The molecule has 20 heavy (non-hydrogen) atoms. The molecule has 1 heterocycles. The summed E-state index contributed by atoms with van der Waals surface area (Å²) in [4.78, 5) is 11.0. The van der Waals surface area contributed by atoms with Gasteiger partial charge in [-0.1, -0.05) is 24.3 Å². The molecular weight excluding hydrogens is 250 g/mol. The minimum absolute atomic E-state index is 0.131. The molecule has 3 rings (SSSR count). The van der Waals surface area contributed by atoms with Crippen molar-refractivity contribution in [3.63, 3.8) is 0 Å². The molecule has 0 unspecified atom stereocenters. The number of rotatable bonds is 3. The van der Waals surface area contributed by atoms with Crippen LogP contribution < -0.4 is 4.90 Å². The summed E-state index contributed by atoms with van der Waals surface area (Å²) in [6, 6.07) is 8.48. The highest BCUT2D eigenvalue weighted by atomic mass is 16.3. The lowest BCUT2D eigenvalue weighted by molar-refractivity contribution is 0.303. The third-order valence-electron chi connectivity index (χ3n) is 3.86. The molecule has 0 aliphatic heterocycles. The SMILES string of the molecule is CN(CCO)c1ncnc2c1CCCc1ccccc1-2. The molecule has 4 nitrogen and oxygen atoms in total. The number of fused-ring (bicyclic) bond motifs is 3. The number of benzene rings is 1. The number of anilines is 1. The van der Waals surface area contributed by atoms with E-state index in [0.717, 1.165) is 30.8 Å². The van der Waals surface area contributed by atoms with E-state index in [9.17, 15) is 0 Å². The fourth-order valence-corrected chi connectivity index (χ4v) is 2.88. The van der Waals surface area contributed by atoms with Gasteiger partial charge in [0, 0.05) is 24.7 Å². The molecule has 104 valence electrons. The molecule has 0 saturated heterocycles. The van der Waals surface area contributed by atoms with Crippen molar-refractivity contribution in [2.75, 3.05) is 25.1 Å². The van der Waals surface area contributed by atoms with Crippen LogP contribution in [-0.4, -0.2) is 35.3 Å². The Morgan fingerprint density at radius 3 is 2.90 bits per heavy atom. The summed E-state index contributed by atoms with van der Waals surface area (Å²) in [5.74, 6) is 0.945. The van der Waals surface area contributed by atoms with Crippen LogP contribution in [-0.2, 0) is 12.8 Å². The average Bonchev–Trinajstić information content (AvgIpc) is 2.66. The third-order valence-corrected chi connectivity index (χ3v) is 3.86. The first-order chi connectivity index (χ1) is 9.81. The van der Waals surface area contributed by atoms with Crippen LogP contribution in [0.2, 0.25) is 0 Å². The quantitative estimate of drug-likeness (QED) is 0.926. The first-order valence-electron chi connectivity index (χ1n) is 7.05. The normalized spacial score (nSPS) is 13.3. The Morgan fingerprint density at radius 2 is 2.05 bits per heavy atom. The molecule has 0 bridgehead atoms. The van der Waals surface area contributed by atoms with Gasteiger partial charge in [-0.25, -0.2) is 9.97 Å². The number of hydrogen-bond acceptors (Lipinski definition) is 4. The van der Waals surface area contributed by atoms with Crippen LogP contribution in [0.3, 0.4) is 0 Å². The molecule has 0 atom stereocenters. The van der Waals surface area contributed by atoms with Gasteiger partial charge < -0.3 is 10.0 Å². The van der Waals surface area contributed by atoms with Gasteiger partial charge in [-0.15, -0.1) is 0 Å². The van der Waals surface area contributed by atoms with Crippen LogP contribution in [0.15, 0.2) is 30.6 Å². The molecule has 0 radical (unpaired) electrons. The highest BCUT2D eigenvalue weighted by Crippen LogP contribution is 2.34. The smallest absolute Gasteiger partial charge is 0.135 e. The minimum Gasteiger partial charge on any atom is -0.395 e. The van der Waals surface area contributed by atoms with Crippen molar-refractivity contribution in [3.8, 4) is 11.3 Å². The van der Waals surface area contributed by atoms with Crippen molar-refractivity contribution in [2.24, 2.45) is 0 Å². The number of aliphatic hydroxyl groups is 1. The summed E-state index contributed by atoms with van der Waals surface area (Å²) in [5, 5.41) is 9.13. The van der Waals surface area contributed by atoms with E-state index in [-0.39, 0.29) is 6.61 Å². The van der Waals surface area contributed by atoms with Crippen LogP contribution in [0.1, 0.15) is 17.5 Å². The molecule has 1 N–H and O–H groups in total. The molecule has 1 aromatic carbocycles. The number of likely N-dealkylation sites (N-methyl/N-ethyl adjacent to an activating group) is 1. The monoisotopic (exact) mass is 269 g/mol. The lowest BCUT2D eigenvalue weighted by atomic mass is 10.0. The Hall–Kier alpha value is -1.94. The second-order valence-corrected chi connectivity index (χ2v) is 5.18. The molecular formula is C16H19N3O.